The van der Waals surface area contributed by atoms with Gasteiger partial charge in [-0.25, -0.2) is 0 Å². The van der Waals surface area contributed by atoms with Gasteiger partial charge < -0.3 is 9.80 Å². The van der Waals surface area contributed by atoms with Crippen molar-refractivity contribution in [2.45, 2.75) is 50.5 Å². The summed E-state index contributed by atoms with van der Waals surface area (Å²) in [6, 6.07) is 4.30. The molecule has 2 saturated carbocycles. The van der Waals surface area contributed by atoms with Crippen molar-refractivity contribution in [3.63, 3.8) is 0 Å². The van der Waals surface area contributed by atoms with Gasteiger partial charge in [0.25, 0.3) is 0 Å². The molecule has 7 heteroatoms. The first-order valence-electron chi connectivity index (χ1n) is 9.44. The molecule has 25 heavy (non-hydrogen) atoms. The molecule has 1 amide bonds. The number of amides is 1. The zero-order valence-corrected chi connectivity index (χ0v) is 14.6. The van der Waals surface area contributed by atoms with Gasteiger partial charge in [-0.1, -0.05) is 12.8 Å². The predicted molar refractivity (Wildman–Crippen MR) is 93.5 cm³/mol. The van der Waals surface area contributed by atoms with Gasteiger partial charge in [0.05, 0.1) is 6.04 Å². The van der Waals surface area contributed by atoms with Crippen LogP contribution < -0.4 is 4.90 Å². The van der Waals surface area contributed by atoms with E-state index in [-0.39, 0.29) is 5.92 Å². The fourth-order valence-corrected chi connectivity index (χ4v) is 4.09. The molecule has 0 atom stereocenters. The molecule has 3 fully saturated rings. The summed E-state index contributed by atoms with van der Waals surface area (Å²) in [6.45, 7) is 1.71. The van der Waals surface area contributed by atoms with Gasteiger partial charge in [-0.15, -0.1) is 15.3 Å². The van der Waals surface area contributed by atoms with Gasteiger partial charge in [0.15, 0.2) is 11.5 Å². The Balaban J connectivity index is 1.27. The fraction of sp³-hybridized carbons (Fsp3) is 0.667. The standard InChI is InChI=1S/C18H24N6O/c1-22(18(25)13-4-2-3-5-13)14-10-23(11-14)16-9-8-15-19-20-17(12-6-7-12)24(15)21-16/h8-9,12-14H,2-7,10-11H2,1H3. The van der Waals surface area contributed by atoms with Gasteiger partial charge in [-0.05, 0) is 37.8 Å². The molecule has 2 aromatic heterocycles. The third-order valence-corrected chi connectivity index (χ3v) is 6.00. The highest BCUT2D eigenvalue weighted by Gasteiger charge is 2.36. The van der Waals surface area contributed by atoms with E-state index >= 15 is 0 Å². The van der Waals surface area contributed by atoms with Crippen LogP contribution >= 0.6 is 0 Å². The molecule has 0 bridgehead atoms. The lowest BCUT2D eigenvalue weighted by Crippen LogP contribution is -2.60. The van der Waals surface area contributed by atoms with Crippen molar-refractivity contribution in [1.82, 2.24) is 24.7 Å². The van der Waals surface area contributed by atoms with E-state index < -0.39 is 0 Å². The Bertz CT molecular complexity index is 801. The van der Waals surface area contributed by atoms with Crippen LogP contribution in [-0.4, -0.2) is 56.8 Å². The number of carbonyl (C=O) groups is 1. The minimum Gasteiger partial charge on any atom is -0.351 e. The molecule has 2 aromatic rings. The van der Waals surface area contributed by atoms with Crippen molar-refractivity contribution in [2.75, 3.05) is 25.0 Å². The van der Waals surface area contributed by atoms with Gasteiger partial charge in [0.2, 0.25) is 5.91 Å². The average molecular weight is 340 g/mol. The molecule has 0 unspecified atom stereocenters. The third kappa shape index (κ3) is 2.56. The number of anilines is 1. The van der Waals surface area contributed by atoms with Crippen molar-refractivity contribution in [3.8, 4) is 0 Å². The van der Waals surface area contributed by atoms with Crippen molar-refractivity contribution >= 4 is 17.4 Å². The second kappa shape index (κ2) is 5.68. The second-order valence-corrected chi connectivity index (χ2v) is 7.78. The number of rotatable bonds is 4. The van der Waals surface area contributed by atoms with E-state index in [4.69, 9.17) is 5.10 Å². The van der Waals surface area contributed by atoms with Gasteiger partial charge >= 0.3 is 0 Å². The monoisotopic (exact) mass is 340 g/mol. The molecule has 3 heterocycles. The molecule has 5 rings (SSSR count). The Hall–Kier alpha value is -2.18. The molecule has 1 aliphatic heterocycles. The zero-order chi connectivity index (χ0) is 17.0. The van der Waals surface area contributed by atoms with E-state index in [9.17, 15) is 4.79 Å². The number of fused-ring (bicyclic) bond motifs is 1. The van der Waals surface area contributed by atoms with Gasteiger partial charge in [0, 0.05) is 32.0 Å². The van der Waals surface area contributed by atoms with E-state index in [1.165, 1.54) is 25.7 Å². The maximum Gasteiger partial charge on any atom is 0.225 e. The smallest absolute Gasteiger partial charge is 0.225 e. The van der Waals surface area contributed by atoms with Gasteiger partial charge in [-0.2, -0.15) is 4.52 Å². The quantitative estimate of drug-likeness (QED) is 0.850. The maximum absolute atomic E-state index is 12.6. The summed E-state index contributed by atoms with van der Waals surface area (Å²) in [6.07, 6.45) is 6.91. The van der Waals surface area contributed by atoms with E-state index in [0.717, 1.165) is 43.2 Å². The predicted octanol–water partition coefficient (Wildman–Crippen LogP) is 1.84. The molecule has 1 saturated heterocycles. The van der Waals surface area contributed by atoms with Crippen LogP contribution in [0.2, 0.25) is 0 Å². The van der Waals surface area contributed by atoms with Crippen molar-refractivity contribution in [3.05, 3.63) is 18.0 Å². The van der Waals surface area contributed by atoms with Crippen molar-refractivity contribution in [2.24, 2.45) is 5.92 Å². The normalized spacial score (nSPS) is 21.7. The first-order valence-corrected chi connectivity index (χ1v) is 9.44. The minimum absolute atomic E-state index is 0.256. The van der Waals surface area contributed by atoms with E-state index in [2.05, 4.69) is 15.1 Å². The molecule has 3 aliphatic rings. The number of carbonyl (C=O) groups excluding carboxylic acids is 1. The summed E-state index contributed by atoms with van der Waals surface area (Å²) >= 11 is 0. The molecular formula is C18H24N6O. The van der Waals surface area contributed by atoms with Crippen LogP contribution in [-0.2, 0) is 4.79 Å². The molecule has 0 radical (unpaired) electrons. The molecule has 0 spiro atoms. The Kier molecular flexibility index (Phi) is 3.43. The molecule has 0 N–H and O–H groups in total. The lowest BCUT2D eigenvalue weighted by molar-refractivity contribution is -0.136. The van der Waals surface area contributed by atoms with E-state index in [1.54, 1.807) is 0 Å². The Morgan fingerprint density at radius 1 is 1.12 bits per heavy atom. The summed E-state index contributed by atoms with van der Waals surface area (Å²) < 4.78 is 1.90. The summed E-state index contributed by atoms with van der Waals surface area (Å²) in [5, 5.41) is 13.3. The van der Waals surface area contributed by atoms with Crippen LogP contribution in [0.4, 0.5) is 5.82 Å². The van der Waals surface area contributed by atoms with E-state index in [1.807, 2.05) is 28.6 Å². The Morgan fingerprint density at radius 3 is 2.60 bits per heavy atom. The Morgan fingerprint density at radius 2 is 1.88 bits per heavy atom. The lowest BCUT2D eigenvalue weighted by atomic mass is 10.0. The lowest BCUT2D eigenvalue weighted by Gasteiger charge is -2.45. The Labute approximate surface area is 147 Å². The maximum atomic E-state index is 12.6. The van der Waals surface area contributed by atoms with E-state index in [0.29, 0.717) is 17.9 Å². The number of hydrogen-bond donors (Lipinski definition) is 0. The van der Waals surface area contributed by atoms with Crippen LogP contribution in [0.3, 0.4) is 0 Å². The molecule has 7 nitrogen and oxygen atoms in total. The van der Waals surface area contributed by atoms with Gasteiger partial charge in [-0.3, -0.25) is 4.79 Å². The summed E-state index contributed by atoms with van der Waals surface area (Å²) in [5.74, 6) is 3.05. The minimum atomic E-state index is 0.256. The van der Waals surface area contributed by atoms with Crippen LogP contribution in [0.1, 0.15) is 50.3 Å². The largest absolute Gasteiger partial charge is 0.351 e. The zero-order valence-electron chi connectivity index (χ0n) is 14.6. The highest BCUT2D eigenvalue weighted by Crippen LogP contribution is 2.39. The van der Waals surface area contributed by atoms with Crippen LogP contribution in [0.5, 0.6) is 0 Å². The summed E-state index contributed by atoms with van der Waals surface area (Å²) in [4.78, 5) is 16.8. The average Bonchev–Trinajstić information content (AvgIpc) is 3.11. The third-order valence-electron chi connectivity index (χ3n) is 6.00. The van der Waals surface area contributed by atoms with Crippen LogP contribution in [0.15, 0.2) is 12.1 Å². The molecule has 132 valence electrons. The number of hydrogen-bond acceptors (Lipinski definition) is 5. The fourth-order valence-electron chi connectivity index (χ4n) is 4.09. The first-order chi connectivity index (χ1) is 12.2. The molecule has 0 aromatic carbocycles. The van der Waals surface area contributed by atoms with Crippen LogP contribution in [0, 0.1) is 5.92 Å². The SMILES string of the molecule is CN(C(=O)C1CCCC1)C1CN(c2ccc3nnc(C4CC4)n3n2)C1. The topological polar surface area (TPSA) is 66.6 Å². The van der Waals surface area contributed by atoms with Crippen molar-refractivity contribution < 1.29 is 4.79 Å². The highest BCUT2D eigenvalue weighted by atomic mass is 16.2. The first kappa shape index (κ1) is 15.1. The summed E-state index contributed by atoms with van der Waals surface area (Å²) in [7, 11) is 1.96. The highest BCUT2D eigenvalue weighted by molar-refractivity contribution is 5.79. The second-order valence-electron chi connectivity index (χ2n) is 7.78. The van der Waals surface area contributed by atoms with Gasteiger partial charge in [0.1, 0.15) is 5.82 Å². The molecular weight excluding hydrogens is 316 g/mol. The van der Waals surface area contributed by atoms with Crippen LogP contribution in [0.25, 0.3) is 5.65 Å². The van der Waals surface area contributed by atoms with Crippen molar-refractivity contribution in [1.29, 1.82) is 0 Å². The summed E-state index contributed by atoms with van der Waals surface area (Å²) in [5.41, 5.74) is 0.816. The number of aromatic nitrogens is 4. The number of nitrogens with zero attached hydrogens (tertiary/aromatic N) is 6. The molecule has 2 aliphatic carbocycles. The number of likely N-dealkylation sites (N-methyl/N-ethyl adjacent to an activating group) is 1.